The fraction of sp³-hybridized carbons (Fsp3) is 0.500. The van der Waals surface area contributed by atoms with Crippen molar-refractivity contribution in [3.8, 4) is 0 Å². The molecule has 0 radical (unpaired) electrons. The molecule has 98 valence electrons. The first-order valence-corrected chi connectivity index (χ1v) is 6.39. The second kappa shape index (κ2) is 5.40. The highest BCUT2D eigenvalue weighted by Crippen LogP contribution is 2.21. The molecule has 1 fully saturated rings. The van der Waals surface area contributed by atoms with E-state index in [0.29, 0.717) is 5.84 Å². The Hall–Kier alpha value is -1.55. The number of hydrogen-bond donors (Lipinski definition) is 2. The number of likely N-dealkylation sites (tertiary alicyclic amines) is 1. The quantitative estimate of drug-likeness (QED) is 0.372. The summed E-state index contributed by atoms with van der Waals surface area (Å²) < 4.78 is 0. The Morgan fingerprint density at radius 1 is 1.39 bits per heavy atom. The van der Waals surface area contributed by atoms with Crippen LogP contribution in [0.3, 0.4) is 0 Å². The summed E-state index contributed by atoms with van der Waals surface area (Å²) in [6.45, 7) is 6.10. The van der Waals surface area contributed by atoms with Gasteiger partial charge in [0.1, 0.15) is 0 Å². The zero-order valence-corrected chi connectivity index (χ0v) is 11.1. The van der Waals surface area contributed by atoms with Gasteiger partial charge in [-0.25, -0.2) is 0 Å². The minimum Gasteiger partial charge on any atom is -0.409 e. The maximum atomic E-state index is 8.80. The molecule has 1 saturated heterocycles. The molecular formula is C14H21N3O. The van der Waals surface area contributed by atoms with E-state index >= 15 is 0 Å². The van der Waals surface area contributed by atoms with E-state index in [-0.39, 0.29) is 6.04 Å². The molecule has 1 aromatic rings. The van der Waals surface area contributed by atoms with Crippen molar-refractivity contribution >= 4 is 5.84 Å². The second-order valence-corrected chi connectivity index (χ2v) is 5.15. The largest absolute Gasteiger partial charge is 0.409 e. The van der Waals surface area contributed by atoms with Crippen LogP contribution in [0.4, 0.5) is 0 Å². The average molecular weight is 247 g/mol. The molecular weight excluding hydrogens is 226 g/mol. The molecule has 1 heterocycles. The van der Waals surface area contributed by atoms with Gasteiger partial charge in [-0.2, -0.15) is 0 Å². The van der Waals surface area contributed by atoms with Gasteiger partial charge in [0.25, 0.3) is 0 Å². The van der Waals surface area contributed by atoms with Crippen LogP contribution in [-0.4, -0.2) is 28.5 Å². The SMILES string of the molecule is Cc1cc(C)cc(CN2CCCC2C(N)=NO)c1. The van der Waals surface area contributed by atoms with Gasteiger partial charge in [0.2, 0.25) is 0 Å². The summed E-state index contributed by atoms with van der Waals surface area (Å²) in [5.41, 5.74) is 9.60. The summed E-state index contributed by atoms with van der Waals surface area (Å²) >= 11 is 0. The van der Waals surface area contributed by atoms with Crippen molar-refractivity contribution in [2.45, 2.75) is 39.3 Å². The van der Waals surface area contributed by atoms with E-state index in [0.717, 1.165) is 25.9 Å². The normalized spacial score (nSPS) is 21.4. The first-order valence-electron chi connectivity index (χ1n) is 6.39. The Labute approximate surface area is 108 Å². The third kappa shape index (κ3) is 2.82. The molecule has 0 spiro atoms. The van der Waals surface area contributed by atoms with E-state index in [1.165, 1.54) is 16.7 Å². The summed E-state index contributed by atoms with van der Waals surface area (Å²) in [6.07, 6.45) is 2.08. The Morgan fingerprint density at radius 3 is 2.67 bits per heavy atom. The number of hydrogen-bond acceptors (Lipinski definition) is 3. The third-order valence-electron chi connectivity index (χ3n) is 3.49. The van der Waals surface area contributed by atoms with E-state index in [4.69, 9.17) is 10.9 Å². The maximum absolute atomic E-state index is 8.80. The van der Waals surface area contributed by atoms with Crippen LogP contribution in [0.25, 0.3) is 0 Å². The van der Waals surface area contributed by atoms with Gasteiger partial charge in [-0.1, -0.05) is 34.5 Å². The molecule has 4 nitrogen and oxygen atoms in total. The highest BCUT2D eigenvalue weighted by atomic mass is 16.4. The van der Waals surface area contributed by atoms with E-state index in [2.05, 4.69) is 42.1 Å². The van der Waals surface area contributed by atoms with Crippen LogP contribution in [0.5, 0.6) is 0 Å². The van der Waals surface area contributed by atoms with Crippen molar-refractivity contribution in [3.63, 3.8) is 0 Å². The van der Waals surface area contributed by atoms with Crippen LogP contribution >= 0.6 is 0 Å². The molecule has 3 N–H and O–H groups in total. The van der Waals surface area contributed by atoms with E-state index in [9.17, 15) is 0 Å². The van der Waals surface area contributed by atoms with E-state index in [1.807, 2.05) is 0 Å². The Kier molecular flexibility index (Phi) is 3.87. The van der Waals surface area contributed by atoms with Crippen LogP contribution in [0.1, 0.15) is 29.5 Å². The molecule has 0 bridgehead atoms. The van der Waals surface area contributed by atoms with Crippen LogP contribution in [-0.2, 0) is 6.54 Å². The van der Waals surface area contributed by atoms with Crippen LogP contribution in [0.2, 0.25) is 0 Å². The molecule has 0 aromatic heterocycles. The van der Waals surface area contributed by atoms with Gasteiger partial charge in [0.05, 0.1) is 6.04 Å². The molecule has 1 aliphatic rings. The molecule has 0 saturated carbocycles. The van der Waals surface area contributed by atoms with Crippen molar-refractivity contribution in [2.24, 2.45) is 10.9 Å². The fourth-order valence-electron chi connectivity index (χ4n) is 2.81. The lowest BCUT2D eigenvalue weighted by Crippen LogP contribution is -2.40. The smallest absolute Gasteiger partial charge is 0.156 e. The van der Waals surface area contributed by atoms with E-state index < -0.39 is 0 Å². The zero-order chi connectivity index (χ0) is 13.1. The Balaban J connectivity index is 2.13. The van der Waals surface area contributed by atoms with Crippen molar-refractivity contribution < 1.29 is 5.21 Å². The summed E-state index contributed by atoms with van der Waals surface area (Å²) in [5, 5.41) is 12.0. The lowest BCUT2D eigenvalue weighted by Gasteiger charge is -2.23. The van der Waals surface area contributed by atoms with Crippen LogP contribution in [0.15, 0.2) is 23.4 Å². The van der Waals surface area contributed by atoms with Gasteiger partial charge in [-0.3, -0.25) is 4.90 Å². The molecule has 18 heavy (non-hydrogen) atoms. The molecule has 1 unspecified atom stereocenters. The second-order valence-electron chi connectivity index (χ2n) is 5.15. The number of nitrogens with two attached hydrogens (primary N) is 1. The van der Waals surface area contributed by atoms with Gasteiger partial charge in [-0.05, 0) is 38.8 Å². The monoisotopic (exact) mass is 247 g/mol. The molecule has 0 amide bonds. The number of aryl methyl sites for hydroxylation is 2. The Morgan fingerprint density at radius 2 is 2.06 bits per heavy atom. The minimum absolute atomic E-state index is 0.0795. The molecule has 4 heteroatoms. The van der Waals surface area contributed by atoms with Gasteiger partial charge >= 0.3 is 0 Å². The first-order chi connectivity index (χ1) is 8.60. The van der Waals surface area contributed by atoms with Crippen molar-refractivity contribution in [1.82, 2.24) is 4.90 Å². The molecule has 1 aliphatic heterocycles. The number of amidine groups is 1. The Bertz CT molecular complexity index is 436. The lowest BCUT2D eigenvalue weighted by atomic mass is 10.1. The van der Waals surface area contributed by atoms with Gasteiger partial charge in [0, 0.05) is 6.54 Å². The van der Waals surface area contributed by atoms with Crippen molar-refractivity contribution in [1.29, 1.82) is 0 Å². The van der Waals surface area contributed by atoms with Crippen LogP contribution < -0.4 is 5.73 Å². The topological polar surface area (TPSA) is 61.8 Å². The van der Waals surface area contributed by atoms with Gasteiger partial charge in [0.15, 0.2) is 5.84 Å². The predicted octanol–water partition coefficient (Wildman–Crippen LogP) is 2.01. The number of oxime groups is 1. The highest BCUT2D eigenvalue weighted by Gasteiger charge is 2.27. The first kappa shape index (κ1) is 12.9. The summed E-state index contributed by atoms with van der Waals surface area (Å²) in [6, 6.07) is 6.66. The lowest BCUT2D eigenvalue weighted by molar-refractivity contribution is 0.275. The number of nitrogens with zero attached hydrogens (tertiary/aromatic N) is 2. The predicted molar refractivity (Wildman–Crippen MR) is 72.8 cm³/mol. The minimum atomic E-state index is 0.0795. The standard InChI is InChI=1S/C14H21N3O/c1-10-6-11(2)8-12(7-10)9-17-5-3-4-13(17)14(15)16-18/h6-8,13,18H,3-5,9H2,1-2H3,(H2,15,16). The zero-order valence-electron chi connectivity index (χ0n) is 11.1. The number of rotatable bonds is 3. The number of benzene rings is 1. The third-order valence-corrected chi connectivity index (χ3v) is 3.49. The van der Waals surface area contributed by atoms with Crippen molar-refractivity contribution in [2.75, 3.05) is 6.54 Å². The molecule has 1 aromatic carbocycles. The summed E-state index contributed by atoms with van der Waals surface area (Å²) in [7, 11) is 0. The highest BCUT2D eigenvalue weighted by molar-refractivity contribution is 5.85. The maximum Gasteiger partial charge on any atom is 0.156 e. The van der Waals surface area contributed by atoms with Crippen molar-refractivity contribution in [3.05, 3.63) is 34.9 Å². The fourth-order valence-corrected chi connectivity index (χ4v) is 2.81. The summed E-state index contributed by atoms with van der Waals surface area (Å²) in [5.74, 6) is 0.330. The molecule has 0 aliphatic carbocycles. The van der Waals surface area contributed by atoms with Gasteiger partial charge < -0.3 is 10.9 Å². The van der Waals surface area contributed by atoms with E-state index in [1.54, 1.807) is 0 Å². The average Bonchev–Trinajstić information content (AvgIpc) is 2.74. The van der Waals surface area contributed by atoms with Crippen LogP contribution in [0, 0.1) is 13.8 Å². The summed E-state index contributed by atoms with van der Waals surface area (Å²) in [4.78, 5) is 2.28. The van der Waals surface area contributed by atoms with Gasteiger partial charge in [-0.15, -0.1) is 0 Å². The molecule has 2 rings (SSSR count). The molecule has 1 atom stereocenters.